The second kappa shape index (κ2) is 2.07. The summed E-state index contributed by atoms with van der Waals surface area (Å²) in [7, 11) is 0. The molecule has 0 fully saturated rings. The minimum absolute atomic E-state index is 0.254. The van der Waals surface area contributed by atoms with Crippen molar-refractivity contribution in [3.05, 3.63) is 23.9 Å². The molecule has 1 nitrogen and oxygen atoms in total. The Morgan fingerprint density at radius 2 is 2.45 bits per heavy atom. The quantitative estimate of drug-likeness (QED) is 0.497. The molecule has 1 heterocycles. The molecule has 1 radical (unpaired) electrons. The molecule has 0 aromatic carbocycles. The smallest absolute Gasteiger partial charge is 0.0449 e. The summed E-state index contributed by atoms with van der Waals surface area (Å²) in [6.45, 7) is 4.47. The van der Waals surface area contributed by atoms with Crippen LogP contribution in [0.5, 0.6) is 0 Å². The van der Waals surface area contributed by atoms with Gasteiger partial charge in [0.05, 0.1) is 0 Å². The first-order valence-electron chi connectivity index (χ1n) is 4.03. The Kier molecular flexibility index (Phi) is 1.28. The Hall–Kier alpha value is -0.850. The summed E-state index contributed by atoms with van der Waals surface area (Å²) in [5, 5.41) is 0. The second-order valence-corrected chi connectivity index (χ2v) is 3.81. The van der Waals surface area contributed by atoms with E-state index in [0.29, 0.717) is 5.92 Å². The SMILES string of the molecule is CC1(C)C=NC2=C[C]=CCC21. The van der Waals surface area contributed by atoms with Crippen LogP contribution in [0.4, 0.5) is 0 Å². The van der Waals surface area contributed by atoms with Gasteiger partial charge in [0.2, 0.25) is 0 Å². The Balaban J connectivity index is 2.36. The molecule has 1 heteroatoms. The standard InChI is InChI=1S/C10H12N/c1-10(2)7-11-9-6-4-3-5-8(9)10/h3,6-8H,5H2,1-2H3. The van der Waals surface area contributed by atoms with Gasteiger partial charge in [-0.05, 0) is 18.6 Å². The van der Waals surface area contributed by atoms with Crippen molar-refractivity contribution in [2.45, 2.75) is 20.3 Å². The van der Waals surface area contributed by atoms with E-state index in [9.17, 15) is 0 Å². The Labute approximate surface area is 67.5 Å². The fourth-order valence-electron chi connectivity index (χ4n) is 1.69. The van der Waals surface area contributed by atoms with Crippen LogP contribution in [0.2, 0.25) is 0 Å². The molecule has 57 valence electrons. The molecule has 11 heavy (non-hydrogen) atoms. The number of aliphatic imine (C=N–C) groups is 1. The first kappa shape index (κ1) is 6.84. The van der Waals surface area contributed by atoms with Crippen molar-refractivity contribution in [1.82, 2.24) is 0 Å². The number of rotatable bonds is 0. The van der Waals surface area contributed by atoms with Crippen LogP contribution in [0.1, 0.15) is 20.3 Å². The van der Waals surface area contributed by atoms with Gasteiger partial charge in [-0.1, -0.05) is 19.9 Å². The molecule has 0 saturated carbocycles. The van der Waals surface area contributed by atoms with Crippen LogP contribution in [0.25, 0.3) is 0 Å². The summed E-state index contributed by atoms with van der Waals surface area (Å²) >= 11 is 0. The second-order valence-electron chi connectivity index (χ2n) is 3.81. The lowest BCUT2D eigenvalue weighted by Gasteiger charge is -2.25. The molecule has 1 aliphatic carbocycles. The number of nitrogens with zero attached hydrogens (tertiary/aromatic N) is 1. The molecule has 1 unspecified atom stereocenters. The highest BCUT2D eigenvalue weighted by molar-refractivity contribution is 5.71. The molecule has 1 atom stereocenters. The number of hydrogen-bond acceptors (Lipinski definition) is 1. The summed E-state index contributed by atoms with van der Waals surface area (Å²) in [4.78, 5) is 4.36. The van der Waals surface area contributed by atoms with E-state index < -0.39 is 0 Å². The van der Waals surface area contributed by atoms with Gasteiger partial charge in [-0.25, -0.2) is 0 Å². The number of hydrogen-bond donors (Lipinski definition) is 0. The van der Waals surface area contributed by atoms with Crippen LogP contribution in [0.15, 0.2) is 22.8 Å². The summed E-state index contributed by atoms with van der Waals surface area (Å²) in [6.07, 6.45) is 10.4. The van der Waals surface area contributed by atoms with Crippen LogP contribution in [0, 0.1) is 17.4 Å². The molecule has 0 N–H and O–H groups in total. The minimum Gasteiger partial charge on any atom is -0.265 e. The highest BCUT2D eigenvalue weighted by Crippen LogP contribution is 2.40. The van der Waals surface area contributed by atoms with E-state index in [1.54, 1.807) is 0 Å². The van der Waals surface area contributed by atoms with E-state index in [4.69, 9.17) is 0 Å². The van der Waals surface area contributed by atoms with Crippen molar-refractivity contribution in [1.29, 1.82) is 0 Å². The normalized spacial score (nSPS) is 31.8. The molecule has 0 aromatic heterocycles. The predicted octanol–water partition coefficient (Wildman–Crippen LogP) is 2.36. The van der Waals surface area contributed by atoms with Crippen molar-refractivity contribution in [3.8, 4) is 0 Å². The zero-order valence-corrected chi connectivity index (χ0v) is 6.96. The van der Waals surface area contributed by atoms with Crippen molar-refractivity contribution < 1.29 is 0 Å². The van der Waals surface area contributed by atoms with Gasteiger partial charge in [0.25, 0.3) is 0 Å². The molecule has 0 amide bonds. The van der Waals surface area contributed by atoms with Crippen molar-refractivity contribution in [2.24, 2.45) is 16.3 Å². The predicted molar refractivity (Wildman–Crippen MR) is 46.3 cm³/mol. The largest absolute Gasteiger partial charge is 0.265 e. The molecule has 2 aliphatic rings. The first-order valence-corrected chi connectivity index (χ1v) is 4.03. The van der Waals surface area contributed by atoms with Crippen LogP contribution in [-0.2, 0) is 0 Å². The average Bonchev–Trinajstić information content (AvgIpc) is 2.29. The van der Waals surface area contributed by atoms with Gasteiger partial charge >= 0.3 is 0 Å². The van der Waals surface area contributed by atoms with E-state index in [2.05, 4.69) is 37.2 Å². The van der Waals surface area contributed by atoms with E-state index in [0.717, 1.165) is 6.42 Å². The molecular formula is C10H12N. The van der Waals surface area contributed by atoms with E-state index in [1.807, 2.05) is 6.08 Å². The summed E-state index contributed by atoms with van der Waals surface area (Å²) in [5.74, 6) is 0.601. The van der Waals surface area contributed by atoms with Crippen molar-refractivity contribution in [2.75, 3.05) is 0 Å². The molecule has 0 aromatic rings. The van der Waals surface area contributed by atoms with Crippen LogP contribution in [-0.4, -0.2) is 6.21 Å². The zero-order chi connectivity index (χ0) is 7.90. The number of fused-ring (bicyclic) bond motifs is 1. The monoisotopic (exact) mass is 146 g/mol. The van der Waals surface area contributed by atoms with Gasteiger partial charge in [0.1, 0.15) is 0 Å². The molecular weight excluding hydrogens is 134 g/mol. The maximum atomic E-state index is 4.36. The van der Waals surface area contributed by atoms with E-state index >= 15 is 0 Å². The molecule has 2 rings (SSSR count). The molecule has 0 saturated heterocycles. The van der Waals surface area contributed by atoms with Crippen LogP contribution in [0.3, 0.4) is 0 Å². The lowest BCUT2D eigenvalue weighted by atomic mass is 9.77. The molecule has 0 bridgehead atoms. The third kappa shape index (κ3) is 0.953. The fourth-order valence-corrected chi connectivity index (χ4v) is 1.69. The van der Waals surface area contributed by atoms with E-state index in [-0.39, 0.29) is 5.41 Å². The maximum absolute atomic E-state index is 4.36. The Morgan fingerprint density at radius 1 is 1.64 bits per heavy atom. The Morgan fingerprint density at radius 3 is 3.18 bits per heavy atom. The highest BCUT2D eigenvalue weighted by Gasteiger charge is 2.35. The Bertz CT molecular complexity index is 256. The molecule has 1 aliphatic heterocycles. The lowest BCUT2D eigenvalue weighted by Crippen LogP contribution is -2.21. The van der Waals surface area contributed by atoms with Crippen LogP contribution >= 0.6 is 0 Å². The number of allylic oxidation sites excluding steroid dienone is 4. The van der Waals surface area contributed by atoms with Gasteiger partial charge < -0.3 is 0 Å². The fraction of sp³-hybridized carbons (Fsp3) is 0.500. The third-order valence-electron chi connectivity index (χ3n) is 2.50. The van der Waals surface area contributed by atoms with Crippen LogP contribution < -0.4 is 0 Å². The van der Waals surface area contributed by atoms with Gasteiger partial charge in [0.15, 0.2) is 0 Å². The zero-order valence-electron chi connectivity index (χ0n) is 6.96. The lowest BCUT2D eigenvalue weighted by molar-refractivity contribution is 0.384. The summed E-state index contributed by atoms with van der Waals surface area (Å²) < 4.78 is 0. The summed E-state index contributed by atoms with van der Waals surface area (Å²) in [5.41, 5.74) is 1.46. The topological polar surface area (TPSA) is 12.4 Å². The minimum atomic E-state index is 0.254. The average molecular weight is 146 g/mol. The van der Waals surface area contributed by atoms with Gasteiger partial charge in [-0.15, -0.1) is 0 Å². The van der Waals surface area contributed by atoms with Gasteiger partial charge in [-0.2, -0.15) is 0 Å². The highest BCUT2D eigenvalue weighted by atomic mass is 14.8. The van der Waals surface area contributed by atoms with Gasteiger partial charge in [-0.3, -0.25) is 4.99 Å². The van der Waals surface area contributed by atoms with Gasteiger partial charge in [0, 0.05) is 23.2 Å². The van der Waals surface area contributed by atoms with Crippen molar-refractivity contribution in [3.63, 3.8) is 0 Å². The maximum Gasteiger partial charge on any atom is 0.0449 e. The van der Waals surface area contributed by atoms with Crippen molar-refractivity contribution >= 4 is 6.21 Å². The third-order valence-corrected chi connectivity index (χ3v) is 2.50. The first-order chi connectivity index (χ1) is 5.20. The van der Waals surface area contributed by atoms with E-state index in [1.165, 1.54) is 5.70 Å². The molecule has 0 spiro atoms. The summed E-state index contributed by atoms with van der Waals surface area (Å²) in [6, 6.07) is 0.